The van der Waals surface area contributed by atoms with Crippen molar-refractivity contribution in [3.05, 3.63) is 58.7 Å². The Morgan fingerprint density at radius 3 is 2.42 bits per heavy atom. The number of morpholine rings is 1. The number of benzene rings is 2. The SMILES string of the molecule is COc1ccc(/C([O-])=C2\C(=O)C(=O)N(CC[NH+]3CCOCC3)C2c2cccc(OC)c2OC)cc1C. The molecule has 0 aliphatic carbocycles. The van der Waals surface area contributed by atoms with Crippen molar-refractivity contribution in [2.45, 2.75) is 13.0 Å². The summed E-state index contributed by atoms with van der Waals surface area (Å²) in [5, 5.41) is 13.8. The first-order valence-corrected chi connectivity index (χ1v) is 11.9. The smallest absolute Gasteiger partial charge is 0.295 e. The number of para-hydroxylation sites is 1. The molecule has 2 fully saturated rings. The number of hydrogen-bond donors (Lipinski definition) is 1. The number of Topliss-reactive ketones (excluding diaryl/α,β-unsaturated/α-hetero) is 1. The van der Waals surface area contributed by atoms with Gasteiger partial charge in [-0.25, -0.2) is 0 Å². The highest BCUT2D eigenvalue weighted by Crippen LogP contribution is 2.45. The first kappa shape index (κ1) is 25.5. The van der Waals surface area contributed by atoms with Gasteiger partial charge in [-0.15, -0.1) is 0 Å². The molecule has 192 valence electrons. The number of carbonyl (C=O) groups is 2. The van der Waals surface area contributed by atoms with Gasteiger partial charge in [-0.3, -0.25) is 9.59 Å². The number of nitrogens with one attached hydrogen (secondary N) is 1. The lowest BCUT2D eigenvalue weighted by molar-refractivity contribution is -0.907. The summed E-state index contributed by atoms with van der Waals surface area (Å²) in [4.78, 5) is 29.4. The second-order valence-electron chi connectivity index (χ2n) is 8.85. The predicted molar refractivity (Wildman–Crippen MR) is 130 cm³/mol. The number of ether oxygens (including phenoxy) is 4. The number of carbonyl (C=O) groups excluding carboxylic acids is 2. The zero-order chi connectivity index (χ0) is 25.8. The maximum absolute atomic E-state index is 13.8. The van der Waals surface area contributed by atoms with Gasteiger partial charge in [-0.1, -0.05) is 24.0 Å². The molecule has 2 aromatic rings. The van der Waals surface area contributed by atoms with Gasteiger partial charge < -0.3 is 33.9 Å². The standard InChI is InChI=1S/C27H32N2O7/c1-17-16-18(8-9-20(17)33-2)24(30)22-23(19-6-5-7-21(34-3)26(19)35-4)29(27(32)25(22)31)11-10-28-12-14-36-15-13-28/h5-9,16,23,30H,10-15H2,1-4H3/b24-22+. The van der Waals surface area contributed by atoms with Crippen molar-refractivity contribution in [1.29, 1.82) is 0 Å². The highest BCUT2D eigenvalue weighted by molar-refractivity contribution is 6.46. The van der Waals surface area contributed by atoms with Crippen LogP contribution in [0.3, 0.4) is 0 Å². The van der Waals surface area contributed by atoms with Crippen LogP contribution < -0.4 is 24.2 Å². The minimum Gasteiger partial charge on any atom is -0.872 e. The summed E-state index contributed by atoms with van der Waals surface area (Å²) in [6, 6.07) is 9.33. The zero-order valence-electron chi connectivity index (χ0n) is 21.1. The molecule has 2 aliphatic heterocycles. The predicted octanol–water partition coefficient (Wildman–Crippen LogP) is 0.160. The molecule has 0 aromatic heterocycles. The van der Waals surface area contributed by atoms with Gasteiger partial charge in [0.1, 0.15) is 18.8 Å². The van der Waals surface area contributed by atoms with Crippen molar-refractivity contribution in [3.8, 4) is 17.2 Å². The topological polar surface area (TPSA) is 102 Å². The second kappa shape index (κ2) is 11.0. The highest BCUT2D eigenvalue weighted by Gasteiger charge is 2.46. The van der Waals surface area contributed by atoms with Crippen LogP contribution >= 0.6 is 0 Å². The Labute approximate surface area is 210 Å². The maximum Gasteiger partial charge on any atom is 0.295 e. The van der Waals surface area contributed by atoms with E-state index >= 15 is 0 Å². The lowest BCUT2D eigenvalue weighted by Crippen LogP contribution is -3.14. The van der Waals surface area contributed by atoms with Crippen LogP contribution in [0, 0.1) is 6.92 Å². The molecule has 2 aliphatic rings. The molecule has 1 unspecified atom stereocenters. The van der Waals surface area contributed by atoms with Gasteiger partial charge in [0.15, 0.2) is 11.5 Å². The van der Waals surface area contributed by atoms with Crippen LogP contribution in [0.1, 0.15) is 22.7 Å². The number of aryl methyl sites for hydroxylation is 1. The molecule has 0 radical (unpaired) electrons. The van der Waals surface area contributed by atoms with Crippen molar-refractivity contribution in [2.24, 2.45) is 0 Å². The Bertz CT molecular complexity index is 1170. The molecule has 2 heterocycles. The molecule has 2 aromatic carbocycles. The fourth-order valence-electron chi connectivity index (χ4n) is 4.92. The molecule has 9 heteroatoms. The van der Waals surface area contributed by atoms with E-state index in [1.807, 2.05) is 6.92 Å². The largest absolute Gasteiger partial charge is 0.872 e. The number of methoxy groups -OCH3 is 3. The number of amides is 1. The fourth-order valence-corrected chi connectivity index (χ4v) is 4.92. The molecule has 9 nitrogen and oxygen atoms in total. The van der Waals surface area contributed by atoms with Crippen LogP contribution in [0.25, 0.3) is 5.76 Å². The Morgan fingerprint density at radius 2 is 1.78 bits per heavy atom. The summed E-state index contributed by atoms with van der Waals surface area (Å²) in [7, 11) is 4.57. The molecular formula is C27H32N2O7. The third-order valence-electron chi connectivity index (χ3n) is 6.82. The monoisotopic (exact) mass is 496 g/mol. The number of ketones is 1. The van der Waals surface area contributed by atoms with E-state index in [1.165, 1.54) is 24.0 Å². The number of hydrogen-bond acceptors (Lipinski definition) is 7. The Balaban J connectivity index is 1.83. The van der Waals surface area contributed by atoms with Crippen molar-refractivity contribution in [3.63, 3.8) is 0 Å². The average Bonchev–Trinajstić information content (AvgIpc) is 3.16. The molecule has 1 N–H and O–H groups in total. The molecule has 36 heavy (non-hydrogen) atoms. The zero-order valence-corrected chi connectivity index (χ0v) is 21.1. The van der Waals surface area contributed by atoms with Crippen molar-refractivity contribution < 1.29 is 38.5 Å². The van der Waals surface area contributed by atoms with Crippen LogP contribution in [-0.4, -0.2) is 77.3 Å². The first-order valence-electron chi connectivity index (χ1n) is 11.9. The number of quaternary nitrogens is 1. The van der Waals surface area contributed by atoms with Crippen LogP contribution in [0.5, 0.6) is 17.2 Å². The number of nitrogens with zero attached hydrogens (tertiary/aromatic N) is 1. The third kappa shape index (κ3) is 4.76. The fraction of sp³-hybridized carbons (Fsp3) is 0.407. The normalized spacial score (nSPS) is 20.0. The summed E-state index contributed by atoms with van der Waals surface area (Å²) >= 11 is 0. The van der Waals surface area contributed by atoms with Crippen molar-refractivity contribution >= 4 is 17.4 Å². The van der Waals surface area contributed by atoms with Crippen LogP contribution in [-0.2, 0) is 14.3 Å². The molecule has 0 saturated carbocycles. The maximum atomic E-state index is 13.8. The van der Waals surface area contributed by atoms with Gasteiger partial charge in [0.05, 0.1) is 53.7 Å². The van der Waals surface area contributed by atoms with Crippen LogP contribution in [0.2, 0.25) is 0 Å². The van der Waals surface area contributed by atoms with Crippen LogP contribution in [0.15, 0.2) is 42.0 Å². The second-order valence-corrected chi connectivity index (χ2v) is 8.85. The Morgan fingerprint density at radius 1 is 1.06 bits per heavy atom. The van der Waals surface area contributed by atoms with E-state index in [9.17, 15) is 14.7 Å². The van der Waals surface area contributed by atoms with E-state index in [0.717, 1.165) is 18.7 Å². The van der Waals surface area contributed by atoms with E-state index in [-0.39, 0.29) is 5.57 Å². The minimum atomic E-state index is -0.898. The lowest BCUT2D eigenvalue weighted by atomic mass is 9.94. The summed E-state index contributed by atoms with van der Waals surface area (Å²) < 4.78 is 21.8. The molecule has 1 atom stereocenters. The summed E-state index contributed by atoms with van der Waals surface area (Å²) in [6.07, 6.45) is 0. The summed E-state index contributed by atoms with van der Waals surface area (Å²) in [5.74, 6) is -0.506. The van der Waals surface area contributed by atoms with E-state index in [0.29, 0.717) is 54.7 Å². The van der Waals surface area contributed by atoms with E-state index < -0.39 is 23.5 Å². The first-order chi connectivity index (χ1) is 17.4. The Kier molecular flexibility index (Phi) is 7.81. The van der Waals surface area contributed by atoms with Gasteiger partial charge in [0.2, 0.25) is 5.78 Å². The average molecular weight is 497 g/mol. The van der Waals surface area contributed by atoms with E-state index in [2.05, 4.69) is 0 Å². The Hall–Kier alpha value is -3.56. The van der Waals surface area contributed by atoms with E-state index in [4.69, 9.17) is 18.9 Å². The molecular weight excluding hydrogens is 464 g/mol. The summed E-state index contributed by atoms with van der Waals surface area (Å²) in [5.41, 5.74) is 1.51. The van der Waals surface area contributed by atoms with Gasteiger partial charge in [0, 0.05) is 11.1 Å². The summed E-state index contributed by atoms with van der Waals surface area (Å²) in [6.45, 7) is 5.72. The number of likely N-dealkylation sites (tertiary alicyclic amines) is 1. The van der Waals surface area contributed by atoms with Crippen molar-refractivity contribution in [1.82, 2.24) is 4.90 Å². The molecule has 2 saturated heterocycles. The van der Waals surface area contributed by atoms with Gasteiger partial charge in [-0.2, -0.15) is 0 Å². The molecule has 1 amide bonds. The highest BCUT2D eigenvalue weighted by atomic mass is 16.5. The molecule has 4 rings (SSSR count). The van der Waals surface area contributed by atoms with E-state index in [1.54, 1.807) is 43.5 Å². The van der Waals surface area contributed by atoms with Gasteiger partial charge in [-0.05, 0) is 36.2 Å². The minimum absolute atomic E-state index is 0.0897. The van der Waals surface area contributed by atoms with Gasteiger partial charge >= 0.3 is 0 Å². The lowest BCUT2D eigenvalue weighted by Gasteiger charge is -2.31. The molecule has 0 spiro atoms. The van der Waals surface area contributed by atoms with Gasteiger partial charge in [0.25, 0.3) is 5.91 Å². The van der Waals surface area contributed by atoms with Crippen molar-refractivity contribution in [2.75, 3.05) is 60.7 Å². The third-order valence-corrected chi connectivity index (χ3v) is 6.82. The quantitative estimate of drug-likeness (QED) is 0.316. The number of rotatable bonds is 8. The molecule has 0 bridgehead atoms. The van der Waals surface area contributed by atoms with Crippen LogP contribution in [0.4, 0.5) is 0 Å².